The first kappa shape index (κ1) is 26.8. The van der Waals surface area contributed by atoms with E-state index in [0.717, 1.165) is 41.6 Å². The molecule has 0 aliphatic carbocycles. The van der Waals surface area contributed by atoms with Crippen LogP contribution in [0.3, 0.4) is 0 Å². The van der Waals surface area contributed by atoms with Crippen molar-refractivity contribution in [3.8, 4) is 11.1 Å². The van der Waals surface area contributed by atoms with Gasteiger partial charge in [-0.2, -0.15) is 11.8 Å². The summed E-state index contributed by atoms with van der Waals surface area (Å²) in [4.78, 5) is 24.9. The Morgan fingerprint density at radius 2 is 2.06 bits per heavy atom. The molecule has 7 nitrogen and oxygen atoms in total. The van der Waals surface area contributed by atoms with Crippen LogP contribution in [-0.2, 0) is 9.53 Å². The molecule has 0 spiro atoms. The summed E-state index contributed by atoms with van der Waals surface area (Å²) in [6.07, 6.45) is 8.40. The molecule has 2 atom stereocenters. The van der Waals surface area contributed by atoms with Gasteiger partial charge in [-0.05, 0) is 78.7 Å². The Hall–Kier alpha value is -2.81. The Bertz CT molecular complexity index is 1040. The van der Waals surface area contributed by atoms with E-state index in [1.807, 2.05) is 61.9 Å². The zero-order valence-electron chi connectivity index (χ0n) is 20.6. The van der Waals surface area contributed by atoms with Crippen molar-refractivity contribution in [2.75, 3.05) is 32.3 Å². The quantitative estimate of drug-likeness (QED) is 0.405. The smallest absolute Gasteiger partial charge is 0.326 e. The highest BCUT2D eigenvalue weighted by Gasteiger charge is 2.24. The SMILES string of the molecule is COCC1CCCN1N/C=C/c1ccc(C(=O)NC(CCSC)C(=O)O)c(-c2ccccc2C)c1. The number of nitrogens with one attached hydrogen (secondary N) is 2. The van der Waals surface area contributed by atoms with Crippen molar-refractivity contribution in [1.29, 1.82) is 0 Å². The number of aryl methyl sites for hydroxylation is 1. The van der Waals surface area contributed by atoms with Crippen LogP contribution >= 0.6 is 11.8 Å². The van der Waals surface area contributed by atoms with Gasteiger partial charge in [-0.25, -0.2) is 9.80 Å². The normalized spacial score (nSPS) is 16.9. The lowest BCUT2D eigenvalue weighted by atomic mass is 9.93. The van der Waals surface area contributed by atoms with Gasteiger partial charge in [0, 0.05) is 25.4 Å². The standard InChI is InChI=1S/C27H35N3O4S/c1-19-7-4-5-9-22(19)24-17-20(12-14-28-30-15-6-8-21(30)18-34-2)10-11-23(24)26(31)29-25(27(32)33)13-16-35-3/h4-5,7,9-12,14,17,21,25,28H,6,8,13,15-16,18H2,1-3H3,(H,29,31)(H,32,33)/b14-12+. The third-order valence-electron chi connectivity index (χ3n) is 6.19. The van der Waals surface area contributed by atoms with Crippen LogP contribution < -0.4 is 10.7 Å². The third-order valence-corrected chi connectivity index (χ3v) is 6.83. The van der Waals surface area contributed by atoms with Gasteiger partial charge < -0.3 is 20.6 Å². The number of thioether (sulfide) groups is 1. The average molecular weight is 498 g/mol. The Kier molecular flexibility index (Phi) is 10.2. The summed E-state index contributed by atoms with van der Waals surface area (Å²) in [7, 11) is 1.72. The molecular weight excluding hydrogens is 462 g/mol. The molecule has 1 aliphatic rings. The Labute approximate surface area is 211 Å². The molecule has 0 saturated carbocycles. The van der Waals surface area contributed by atoms with Gasteiger partial charge in [-0.3, -0.25) is 4.79 Å². The first-order chi connectivity index (χ1) is 16.9. The van der Waals surface area contributed by atoms with Crippen molar-refractivity contribution in [3.05, 3.63) is 65.4 Å². The molecule has 188 valence electrons. The minimum absolute atomic E-state index is 0.353. The molecule has 1 fully saturated rings. The Balaban J connectivity index is 1.85. The molecule has 2 aromatic rings. The highest BCUT2D eigenvalue weighted by Crippen LogP contribution is 2.29. The van der Waals surface area contributed by atoms with Crippen molar-refractivity contribution >= 4 is 29.7 Å². The maximum atomic E-state index is 13.2. The number of hydrogen-bond donors (Lipinski definition) is 3. The van der Waals surface area contributed by atoms with Gasteiger partial charge in [0.15, 0.2) is 0 Å². The van der Waals surface area contributed by atoms with Crippen LogP contribution in [-0.4, -0.2) is 66.3 Å². The van der Waals surface area contributed by atoms with Crippen LogP contribution in [0.15, 0.2) is 48.7 Å². The number of aliphatic carboxylic acids is 1. The van der Waals surface area contributed by atoms with E-state index in [-0.39, 0.29) is 5.91 Å². The van der Waals surface area contributed by atoms with Gasteiger partial charge in [0.2, 0.25) is 0 Å². The van der Waals surface area contributed by atoms with Gasteiger partial charge in [0.1, 0.15) is 6.04 Å². The fraction of sp³-hybridized carbons (Fsp3) is 0.407. The second kappa shape index (κ2) is 13.3. The molecule has 1 heterocycles. The number of carboxylic acid groups (broad SMARTS) is 1. The van der Waals surface area contributed by atoms with E-state index in [1.165, 1.54) is 0 Å². The summed E-state index contributed by atoms with van der Waals surface area (Å²) in [6, 6.07) is 12.9. The lowest BCUT2D eigenvalue weighted by Gasteiger charge is -2.23. The number of methoxy groups -OCH3 is 1. The molecule has 1 amide bonds. The monoisotopic (exact) mass is 497 g/mol. The molecule has 0 radical (unpaired) electrons. The van der Waals surface area contributed by atoms with Gasteiger partial charge in [-0.15, -0.1) is 0 Å². The minimum Gasteiger partial charge on any atom is -0.480 e. The van der Waals surface area contributed by atoms with Gasteiger partial charge in [0.05, 0.1) is 12.6 Å². The van der Waals surface area contributed by atoms with Gasteiger partial charge in [-0.1, -0.05) is 30.3 Å². The predicted octanol–water partition coefficient (Wildman–Crippen LogP) is 4.18. The summed E-state index contributed by atoms with van der Waals surface area (Å²) in [5.41, 5.74) is 7.51. The first-order valence-corrected chi connectivity index (χ1v) is 13.2. The number of rotatable bonds is 12. The fourth-order valence-corrected chi connectivity index (χ4v) is 4.76. The molecule has 2 unspecified atom stereocenters. The van der Waals surface area contributed by atoms with Crippen LogP contribution in [0, 0.1) is 6.92 Å². The molecule has 35 heavy (non-hydrogen) atoms. The van der Waals surface area contributed by atoms with E-state index in [2.05, 4.69) is 15.8 Å². The number of hydrogen-bond acceptors (Lipinski definition) is 6. The van der Waals surface area contributed by atoms with Crippen LogP contribution in [0.5, 0.6) is 0 Å². The molecule has 0 aromatic heterocycles. The van der Waals surface area contributed by atoms with Crippen molar-refractivity contribution in [2.45, 2.75) is 38.3 Å². The van der Waals surface area contributed by atoms with E-state index in [4.69, 9.17) is 4.74 Å². The summed E-state index contributed by atoms with van der Waals surface area (Å²) < 4.78 is 5.31. The second-order valence-electron chi connectivity index (χ2n) is 8.67. The highest BCUT2D eigenvalue weighted by atomic mass is 32.2. The Morgan fingerprint density at radius 3 is 2.77 bits per heavy atom. The lowest BCUT2D eigenvalue weighted by Crippen LogP contribution is -2.41. The van der Waals surface area contributed by atoms with Crippen LogP contribution in [0.2, 0.25) is 0 Å². The van der Waals surface area contributed by atoms with Crippen molar-refractivity contribution in [3.63, 3.8) is 0 Å². The number of nitrogens with zero attached hydrogens (tertiary/aromatic N) is 1. The van der Waals surface area contributed by atoms with E-state index in [0.29, 0.717) is 30.4 Å². The fourth-order valence-electron chi connectivity index (χ4n) is 4.29. The minimum atomic E-state index is -1.02. The summed E-state index contributed by atoms with van der Waals surface area (Å²) >= 11 is 1.55. The molecular formula is C27H35N3O4S. The highest BCUT2D eigenvalue weighted by molar-refractivity contribution is 7.98. The first-order valence-electron chi connectivity index (χ1n) is 11.9. The maximum absolute atomic E-state index is 13.2. The Morgan fingerprint density at radius 1 is 1.26 bits per heavy atom. The molecule has 3 N–H and O–H groups in total. The molecule has 8 heteroatoms. The second-order valence-corrected chi connectivity index (χ2v) is 9.66. The van der Waals surface area contributed by atoms with Crippen LogP contribution in [0.4, 0.5) is 0 Å². The zero-order chi connectivity index (χ0) is 25.2. The predicted molar refractivity (Wildman–Crippen MR) is 142 cm³/mol. The van der Waals surface area contributed by atoms with Crippen LogP contribution in [0.1, 0.15) is 40.7 Å². The zero-order valence-corrected chi connectivity index (χ0v) is 21.4. The van der Waals surface area contributed by atoms with Gasteiger partial charge >= 0.3 is 5.97 Å². The van der Waals surface area contributed by atoms with E-state index < -0.39 is 12.0 Å². The third kappa shape index (κ3) is 7.34. The van der Waals surface area contributed by atoms with Crippen molar-refractivity contribution < 1.29 is 19.4 Å². The van der Waals surface area contributed by atoms with Crippen molar-refractivity contribution in [2.24, 2.45) is 0 Å². The number of benzene rings is 2. The lowest BCUT2D eigenvalue weighted by molar-refractivity contribution is -0.139. The van der Waals surface area contributed by atoms with Gasteiger partial charge in [0.25, 0.3) is 5.91 Å². The summed E-state index contributed by atoms with van der Waals surface area (Å²) in [5, 5.41) is 14.5. The number of carbonyl (C=O) groups is 2. The van der Waals surface area contributed by atoms with E-state index in [9.17, 15) is 14.7 Å². The molecule has 2 aromatic carbocycles. The van der Waals surface area contributed by atoms with E-state index >= 15 is 0 Å². The van der Waals surface area contributed by atoms with Crippen LogP contribution in [0.25, 0.3) is 17.2 Å². The molecule has 1 aliphatic heterocycles. The topological polar surface area (TPSA) is 90.9 Å². The molecule has 0 bridgehead atoms. The van der Waals surface area contributed by atoms with Crippen molar-refractivity contribution in [1.82, 2.24) is 15.8 Å². The number of carbonyl (C=O) groups excluding carboxylic acids is 1. The number of carboxylic acids is 1. The average Bonchev–Trinajstić information content (AvgIpc) is 3.29. The molecule has 1 saturated heterocycles. The molecule has 3 rings (SSSR count). The largest absolute Gasteiger partial charge is 0.480 e. The van der Waals surface area contributed by atoms with E-state index in [1.54, 1.807) is 24.9 Å². The number of hydrazine groups is 1. The summed E-state index contributed by atoms with van der Waals surface area (Å²) in [6.45, 7) is 3.66. The maximum Gasteiger partial charge on any atom is 0.326 e. The summed E-state index contributed by atoms with van der Waals surface area (Å²) in [5.74, 6) is -0.755. The number of amides is 1. The number of ether oxygens (including phenoxy) is 1.